The highest BCUT2D eigenvalue weighted by Gasteiger charge is 2.21. The Morgan fingerprint density at radius 3 is 2.85 bits per heavy atom. The normalized spacial score (nSPS) is 20.0. The summed E-state index contributed by atoms with van der Waals surface area (Å²) in [6.45, 7) is 3.89. The van der Waals surface area contributed by atoms with Crippen molar-refractivity contribution in [2.24, 2.45) is 5.92 Å². The van der Waals surface area contributed by atoms with E-state index in [1.165, 1.54) is 11.1 Å². The van der Waals surface area contributed by atoms with E-state index >= 15 is 0 Å². The van der Waals surface area contributed by atoms with Gasteiger partial charge in [-0.3, -0.25) is 4.79 Å². The molecule has 1 unspecified atom stereocenters. The molecular weight excluding hydrogens is 160 g/mol. The van der Waals surface area contributed by atoms with Crippen LogP contribution in [0.2, 0.25) is 0 Å². The smallest absolute Gasteiger partial charge is 0.160 e. The second-order valence-electron chi connectivity index (χ2n) is 4.01. The topological polar surface area (TPSA) is 17.1 Å². The molecule has 0 spiro atoms. The molecule has 1 aromatic carbocycles. The zero-order valence-electron chi connectivity index (χ0n) is 8.13. The Morgan fingerprint density at radius 2 is 2.15 bits per heavy atom. The first-order chi connectivity index (χ1) is 6.18. The van der Waals surface area contributed by atoms with Gasteiger partial charge in [-0.25, -0.2) is 0 Å². The summed E-state index contributed by atoms with van der Waals surface area (Å²) in [6.07, 6.45) is 2.21. The van der Waals surface area contributed by atoms with Crippen molar-refractivity contribution in [1.29, 1.82) is 0 Å². The largest absolute Gasteiger partial charge is 0.295 e. The average Bonchev–Trinajstić information content (AvgIpc) is 2.43. The number of Topliss-reactive ketones (excluding diaryl/α,β-unsaturated/α-hetero) is 1. The third kappa shape index (κ3) is 1.39. The molecule has 1 aliphatic carbocycles. The van der Waals surface area contributed by atoms with Crippen LogP contribution in [0, 0.1) is 5.92 Å². The van der Waals surface area contributed by atoms with Gasteiger partial charge in [0.1, 0.15) is 0 Å². The molecule has 0 radical (unpaired) electrons. The lowest BCUT2D eigenvalue weighted by atomic mass is 10.0. The van der Waals surface area contributed by atoms with E-state index in [0.717, 1.165) is 18.4 Å². The summed E-state index contributed by atoms with van der Waals surface area (Å²) in [4.78, 5) is 11.3. The van der Waals surface area contributed by atoms with Gasteiger partial charge >= 0.3 is 0 Å². The van der Waals surface area contributed by atoms with Gasteiger partial charge in [-0.05, 0) is 36.8 Å². The molecule has 0 amide bonds. The predicted molar refractivity (Wildman–Crippen MR) is 53.0 cm³/mol. The molecule has 1 aromatic rings. The predicted octanol–water partition coefficient (Wildman–Crippen LogP) is 2.62. The Hall–Kier alpha value is -1.11. The van der Waals surface area contributed by atoms with Crippen LogP contribution < -0.4 is 0 Å². The van der Waals surface area contributed by atoms with Crippen molar-refractivity contribution in [2.75, 3.05) is 0 Å². The second kappa shape index (κ2) is 2.99. The van der Waals surface area contributed by atoms with E-state index in [2.05, 4.69) is 13.0 Å². The van der Waals surface area contributed by atoms with Gasteiger partial charge in [0, 0.05) is 5.56 Å². The maximum atomic E-state index is 11.3. The maximum Gasteiger partial charge on any atom is 0.160 e. The Bertz CT molecular complexity index is 352. The Kier molecular flexibility index (Phi) is 1.95. The summed E-state index contributed by atoms with van der Waals surface area (Å²) in [5, 5.41) is 0. The fourth-order valence-corrected chi connectivity index (χ4v) is 2.19. The molecular formula is C12H14O. The van der Waals surface area contributed by atoms with Crippen LogP contribution in [0.3, 0.4) is 0 Å². The van der Waals surface area contributed by atoms with Crippen molar-refractivity contribution in [2.45, 2.75) is 26.7 Å². The minimum Gasteiger partial charge on any atom is -0.295 e. The molecule has 1 atom stereocenters. The highest BCUT2D eigenvalue weighted by Crippen LogP contribution is 2.29. The number of benzene rings is 1. The van der Waals surface area contributed by atoms with E-state index < -0.39 is 0 Å². The van der Waals surface area contributed by atoms with E-state index in [9.17, 15) is 4.79 Å². The zero-order chi connectivity index (χ0) is 9.42. The van der Waals surface area contributed by atoms with Crippen molar-refractivity contribution in [1.82, 2.24) is 0 Å². The van der Waals surface area contributed by atoms with Crippen LogP contribution in [-0.4, -0.2) is 5.78 Å². The number of carbonyl (C=O) groups is 1. The molecule has 2 rings (SSSR count). The van der Waals surface area contributed by atoms with Gasteiger partial charge < -0.3 is 0 Å². The average molecular weight is 174 g/mol. The molecule has 0 aromatic heterocycles. The third-order valence-corrected chi connectivity index (χ3v) is 2.77. The molecule has 0 fully saturated rings. The number of hydrogen-bond acceptors (Lipinski definition) is 1. The van der Waals surface area contributed by atoms with E-state index in [1.807, 2.05) is 12.1 Å². The van der Waals surface area contributed by atoms with Gasteiger partial charge in [0.25, 0.3) is 0 Å². The van der Waals surface area contributed by atoms with Gasteiger partial charge in [-0.1, -0.05) is 25.1 Å². The summed E-state index contributed by atoms with van der Waals surface area (Å²) in [5.74, 6) is 0.904. The minimum absolute atomic E-state index is 0.200. The summed E-state index contributed by atoms with van der Waals surface area (Å²) in [5.41, 5.74) is 3.60. The van der Waals surface area contributed by atoms with E-state index in [-0.39, 0.29) is 5.78 Å². The highest BCUT2D eigenvalue weighted by molar-refractivity contribution is 5.96. The number of rotatable bonds is 1. The Morgan fingerprint density at radius 1 is 1.38 bits per heavy atom. The summed E-state index contributed by atoms with van der Waals surface area (Å²) >= 11 is 0. The van der Waals surface area contributed by atoms with Gasteiger partial charge in [-0.15, -0.1) is 0 Å². The second-order valence-corrected chi connectivity index (χ2v) is 4.01. The lowest BCUT2D eigenvalue weighted by Crippen LogP contribution is -1.99. The molecule has 1 aliphatic rings. The van der Waals surface area contributed by atoms with Crippen LogP contribution in [0.15, 0.2) is 18.2 Å². The molecule has 0 bridgehead atoms. The Labute approximate surface area is 78.8 Å². The molecule has 0 aliphatic heterocycles. The van der Waals surface area contributed by atoms with E-state index in [4.69, 9.17) is 0 Å². The van der Waals surface area contributed by atoms with Crippen molar-refractivity contribution in [3.05, 3.63) is 34.9 Å². The third-order valence-electron chi connectivity index (χ3n) is 2.77. The van der Waals surface area contributed by atoms with Gasteiger partial charge in [0.15, 0.2) is 5.78 Å². The number of hydrogen-bond donors (Lipinski definition) is 0. The van der Waals surface area contributed by atoms with Crippen LogP contribution in [-0.2, 0) is 12.8 Å². The summed E-state index contributed by atoms with van der Waals surface area (Å²) < 4.78 is 0. The lowest BCUT2D eigenvalue weighted by molar-refractivity contribution is 0.101. The Balaban J connectivity index is 2.51. The first kappa shape index (κ1) is 8.49. The summed E-state index contributed by atoms with van der Waals surface area (Å²) in [7, 11) is 0. The number of carbonyl (C=O) groups excluding carboxylic acids is 1. The molecule has 0 heterocycles. The summed E-state index contributed by atoms with van der Waals surface area (Å²) in [6, 6.07) is 6.08. The standard InChI is InChI=1S/C12H14O/c1-8-6-10-4-3-5-11(9(2)13)12(10)7-8/h3-5,8H,6-7H2,1-2H3. The van der Waals surface area contributed by atoms with E-state index in [1.54, 1.807) is 6.92 Å². The fourth-order valence-electron chi connectivity index (χ4n) is 2.19. The maximum absolute atomic E-state index is 11.3. The SMILES string of the molecule is CC(=O)c1cccc2c1CC(C)C2. The molecule has 0 saturated heterocycles. The van der Waals surface area contributed by atoms with Gasteiger partial charge in [0.2, 0.25) is 0 Å². The zero-order valence-corrected chi connectivity index (χ0v) is 8.13. The van der Waals surface area contributed by atoms with Crippen LogP contribution >= 0.6 is 0 Å². The van der Waals surface area contributed by atoms with E-state index in [0.29, 0.717) is 5.92 Å². The first-order valence-corrected chi connectivity index (χ1v) is 4.80. The number of fused-ring (bicyclic) bond motifs is 1. The molecule has 0 saturated carbocycles. The molecule has 0 N–H and O–H groups in total. The highest BCUT2D eigenvalue weighted by atomic mass is 16.1. The first-order valence-electron chi connectivity index (χ1n) is 4.80. The quantitative estimate of drug-likeness (QED) is 0.598. The van der Waals surface area contributed by atoms with Gasteiger partial charge in [-0.2, -0.15) is 0 Å². The van der Waals surface area contributed by atoms with Crippen LogP contribution in [0.1, 0.15) is 35.3 Å². The fraction of sp³-hybridized carbons (Fsp3) is 0.417. The number of ketones is 1. The monoisotopic (exact) mass is 174 g/mol. The van der Waals surface area contributed by atoms with Crippen molar-refractivity contribution < 1.29 is 4.79 Å². The molecule has 13 heavy (non-hydrogen) atoms. The van der Waals surface area contributed by atoms with Crippen molar-refractivity contribution in [3.8, 4) is 0 Å². The molecule has 1 nitrogen and oxygen atoms in total. The van der Waals surface area contributed by atoms with Crippen molar-refractivity contribution in [3.63, 3.8) is 0 Å². The van der Waals surface area contributed by atoms with Crippen LogP contribution in [0.4, 0.5) is 0 Å². The molecule has 1 heteroatoms. The van der Waals surface area contributed by atoms with Crippen LogP contribution in [0.25, 0.3) is 0 Å². The van der Waals surface area contributed by atoms with Gasteiger partial charge in [0.05, 0.1) is 0 Å². The molecule has 68 valence electrons. The van der Waals surface area contributed by atoms with Crippen molar-refractivity contribution >= 4 is 5.78 Å². The van der Waals surface area contributed by atoms with Crippen LogP contribution in [0.5, 0.6) is 0 Å². The minimum atomic E-state index is 0.200. The lowest BCUT2D eigenvalue weighted by Gasteiger charge is -2.03.